The zero-order valence-electron chi connectivity index (χ0n) is 21.3. The fraction of sp³-hybridized carbons (Fsp3) is 0.290. The van der Waals surface area contributed by atoms with Crippen LogP contribution in [0, 0.1) is 0 Å². The second-order valence-electron chi connectivity index (χ2n) is 10.4. The molecule has 0 radical (unpaired) electrons. The summed E-state index contributed by atoms with van der Waals surface area (Å²) in [5, 5.41) is 7.42. The largest absolute Gasteiger partial charge is 0.459 e. The highest BCUT2D eigenvalue weighted by Gasteiger charge is 2.59. The summed E-state index contributed by atoms with van der Waals surface area (Å²) >= 11 is 0. The predicted octanol–water partition coefficient (Wildman–Crippen LogP) is 6.74. The lowest BCUT2D eigenvalue weighted by Crippen LogP contribution is -2.61. The van der Waals surface area contributed by atoms with Gasteiger partial charge < -0.3 is 15.0 Å². The van der Waals surface area contributed by atoms with Crippen molar-refractivity contribution in [2.75, 3.05) is 18.5 Å². The Morgan fingerprint density at radius 2 is 1.81 bits per heavy atom. The number of nitrogens with one attached hydrogen (secondary N) is 1. The Hall–Kier alpha value is -3.86. The van der Waals surface area contributed by atoms with Crippen LogP contribution >= 0.6 is 0 Å². The molecule has 5 heteroatoms. The first-order chi connectivity index (χ1) is 17.4. The van der Waals surface area contributed by atoms with Gasteiger partial charge in [-0.1, -0.05) is 55.8 Å². The van der Waals surface area contributed by atoms with Crippen LogP contribution in [-0.4, -0.2) is 31.4 Å². The summed E-state index contributed by atoms with van der Waals surface area (Å²) in [6, 6.07) is 22.7. The summed E-state index contributed by atoms with van der Waals surface area (Å²) in [6.45, 7) is 7.29. The van der Waals surface area contributed by atoms with Gasteiger partial charge in [-0.05, 0) is 66.3 Å². The molecule has 2 heterocycles. The van der Waals surface area contributed by atoms with E-state index in [2.05, 4.69) is 74.4 Å². The first kappa shape index (κ1) is 22.6. The van der Waals surface area contributed by atoms with Gasteiger partial charge in [-0.25, -0.2) is 0 Å². The van der Waals surface area contributed by atoms with Crippen molar-refractivity contribution < 1.29 is 9.53 Å². The van der Waals surface area contributed by atoms with Gasteiger partial charge in [0.2, 0.25) is 5.72 Å². The van der Waals surface area contributed by atoms with Crippen LogP contribution in [0.4, 0.5) is 11.4 Å². The third-order valence-electron chi connectivity index (χ3n) is 7.95. The standard InChI is InChI=1S/C31H31N3O2/c1-5-6-17-32-29(35)22-11-14-24-21(18-22)13-16-26-28(24)33-19-31(36-26)30(2,3)27-23-10-8-7-9-20(23)12-15-25(27)34(31)4/h7-16,18-19H,5-6,17H2,1-4H3,(H,32,35). The monoisotopic (exact) mass is 477 g/mol. The number of likely N-dealkylation sites (N-methyl/N-ethyl adjacent to an activating group) is 1. The highest BCUT2D eigenvalue weighted by Crippen LogP contribution is 2.56. The maximum absolute atomic E-state index is 12.6. The smallest absolute Gasteiger partial charge is 0.251 e. The zero-order chi connectivity index (χ0) is 25.1. The normalized spacial score (nSPS) is 19.4. The van der Waals surface area contributed by atoms with Crippen LogP contribution in [0.3, 0.4) is 0 Å². The lowest BCUT2D eigenvalue weighted by molar-refractivity contribution is 0.0831. The van der Waals surface area contributed by atoms with Crippen molar-refractivity contribution in [2.45, 2.75) is 44.8 Å². The van der Waals surface area contributed by atoms with Gasteiger partial charge in [0.25, 0.3) is 5.91 Å². The van der Waals surface area contributed by atoms with E-state index in [9.17, 15) is 4.79 Å². The molecule has 182 valence electrons. The molecule has 0 saturated carbocycles. The molecule has 1 unspecified atom stereocenters. The summed E-state index contributed by atoms with van der Waals surface area (Å²) in [7, 11) is 2.09. The van der Waals surface area contributed by atoms with Crippen molar-refractivity contribution in [2.24, 2.45) is 4.99 Å². The molecule has 0 saturated heterocycles. The number of rotatable bonds is 4. The molecule has 0 aliphatic carbocycles. The first-order valence-corrected chi connectivity index (χ1v) is 12.7. The van der Waals surface area contributed by atoms with Gasteiger partial charge in [0.05, 0.1) is 11.6 Å². The Bertz CT molecular complexity index is 1550. The molecule has 2 aliphatic rings. The maximum atomic E-state index is 12.6. The minimum atomic E-state index is -0.751. The molecule has 36 heavy (non-hydrogen) atoms. The van der Waals surface area contributed by atoms with Crippen LogP contribution in [0.5, 0.6) is 5.75 Å². The molecule has 4 aromatic rings. The number of carbonyl (C=O) groups excluding carboxylic acids is 1. The Morgan fingerprint density at radius 1 is 1.00 bits per heavy atom. The number of hydrogen-bond acceptors (Lipinski definition) is 4. The quantitative estimate of drug-likeness (QED) is 0.331. The summed E-state index contributed by atoms with van der Waals surface area (Å²) in [4.78, 5) is 19.8. The third kappa shape index (κ3) is 3.08. The lowest BCUT2D eigenvalue weighted by Gasteiger charge is -2.45. The van der Waals surface area contributed by atoms with Gasteiger partial charge in [0.1, 0.15) is 11.4 Å². The number of aliphatic imine (C=N–C) groups is 1. The molecular formula is C31H31N3O2. The van der Waals surface area contributed by atoms with Crippen LogP contribution < -0.4 is 15.0 Å². The predicted molar refractivity (Wildman–Crippen MR) is 148 cm³/mol. The Kier molecular flexibility index (Phi) is 5.08. The zero-order valence-corrected chi connectivity index (χ0v) is 21.3. The number of ether oxygens (including phenoxy) is 1. The fourth-order valence-electron chi connectivity index (χ4n) is 5.89. The van der Waals surface area contributed by atoms with Gasteiger partial charge in [0.15, 0.2) is 0 Å². The van der Waals surface area contributed by atoms with E-state index < -0.39 is 5.72 Å². The van der Waals surface area contributed by atoms with E-state index in [1.165, 1.54) is 16.3 Å². The fourth-order valence-corrected chi connectivity index (χ4v) is 5.89. The summed E-state index contributed by atoms with van der Waals surface area (Å²) < 4.78 is 6.89. The molecule has 1 atom stereocenters. The van der Waals surface area contributed by atoms with Gasteiger partial charge >= 0.3 is 0 Å². The second-order valence-corrected chi connectivity index (χ2v) is 10.4. The lowest BCUT2D eigenvalue weighted by atomic mass is 9.76. The van der Waals surface area contributed by atoms with E-state index in [-0.39, 0.29) is 11.3 Å². The van der Waals surface area contributed by atoms with Crippen LogP contribution in [0.2, 0.25) is 0 Å². The van der Waals surface area contributed by atoms with Gasteiger partial charge in [-0.15, -0.1) is 0 Å². The van der Waals surface area contributed by atoms with E-state index in [0.717, 1.165) is 40.7 Å². The number of anilines is 1. The van der Waals surface area contributed by atoms with Gasteiger partial charge in [0, 0.05) is 30.2 Å². The molecule has 1 spiro atoms. The highest BCUT2D eigenvalue weighted by molar-refractivity contribution is 6.05. The van der Waals surface area contributed by atoms with Crippen molar-refractivity contribution in [3.8, 4) is 5.75 Å². The van der Waals surface area contributed by atoms with E-state index in [4.69, 9.17) is 9.73 Å². The highest BCUT2D eigenvalue weighted by atomic mass is 16.5. The Morgan fingerprint density at radius 3 is 2.64 bits per heavy atom. The summed E-state index contributed by atoms with van der Waals surface area (Å²) in [5.74, 6) is 0.711. The minimum absolute atomic E-state index is 0.0407. The molecule has 4 aromatic carbocycles. The van der Waals surface area contributed by atoms with Crippen molar-refractivity contribution in [3.05, 3.63) is 77.9 Å². The van der Waals surface area contributed by atoms with Crippen LogP contribution in [0.1, 0.15) is 49.5 Å². The Balaban J connectivity index is 1.40. The second kappa shape index (κ2) is 8.09. The third-order valence-corrected chi connectivity index (χ3v) is 7.95. The number of benzene rings is 4. The molecule has 0 bridgehead atoms. The number of unbranched alkanes of at least 4 members (excludes halogenated alkanes) is 1. The summed E-state index contributed by atoms with van der Waals surface area (Å²) in [5.41, 5.74) is 2.80. The van der Waals surface area contributed by atoms with Crippen molar-refractivity contribution in [3.63, 3.8) is 0 Å². The molecular weight excluding hydrogens is 446 g/mol. The molecule has 1 amide bonds. The number of amides is 1. The topological polar surface area (TPSA) is 53.9 Å². The number of carbonyl (C=O) groups is 1. The van der Waals surface area contributed by atoms with Crippen LogP contribution in [0.15, 0.2) is 71.7 Å². The van der Waals surface area contributed by atoms with Crippen LogP contribution in [0.25, 0.3) is 21.5 Å². The van der Waals surface area contributed by atoms with E-state index in [1.54, 1.807) is 0 Å². The molecule has 2 aliphatic heterocycles. The average Bonchev–Trinajstić information content (AvgIpc) is 3.06. The number of hydrogen-bond donors (Lipinski definition) is 1. The van der Waals surface area contributed by atoms with Crippen LogP contribution in [-0.2, 0) is 5.41 Å². The molecule has 0 fully saturated rings. The Labute approximate surface area is 211 Å². The van der Waals surface area contributed by atoms with E-state index in [1.807, 2.05) is 36.5 Å². The van der Waals surface area contributed by atoms with Gasteiger partial charge in [-0.3, -0.25) is 9.79 Å². The molecule has 0 aromatic heterocycles. The molecule has 1 N–H and O–H groups in total. The van der Waals surface area contributed by atoms with Crippen molar-refractivity contribution in [1.82, 2.24) is 5.32 Å². The van der Waals surface area contributed by atoms with Crippen molar-refractivity contribution >= 4 is 45.0 Å². The summed E-state index contributed by atoms with van der Waals surface area (Å²) in [6.07, 6.45) is 4.00. The van der Waals surface area contributed by atoms with E-state index >= 15 is 0 Å². The molecule has 5 nitrogen and oxygen atoms in total. The van der Waals surface area contributed by atoms with Crippen molar-refractivity contribution in [1.29, 1.82) is 0 Å². The number of nitrogens with zero attached hydrogens (tertiary/aromatic N) is 2. The van der Waals surface area contributed by atoms with Gasteiger partial charge in [-0.2, -0.15) is 0 Å². The SMILES string of the molecule is CCCCNC(=O)c1ccc2c3c(ccc2c1)OC1(C=N3)N(C)c2ccc3ccccc3c2C1(C)C. The maximum Gasteiger partial charge on any atom is 0.251 e. The number of fused-ring (bicyclic) bond motifs is 6. The molecule has 6 rings (SSSR count). The first-order valence-electron chi connectivity index (χ1n) is 12.7. The average molecular weight is 478 g/mol. The van der Waals surface area contributed by atoms with E-state index in [0.29, 0.717) is 12.1 Å². The minimum Gasteiger partial charge on any atom is -0.459 e.